The van der Waals surface area contributed by atoms with Crippen LogP contribution < -0.4 is 9.46 Å². The molecule has 8 nitrogen and oxygen atoms in total. The van der Waals surface area contributed by atoms with Gasteiger partial charge in [-0.2, -0.15) is 0 Å². The van der Waals surface area contributed by atoms with Crippen LogP contribution in [-0.2, 0) is 10.0 Å². The minimum absolute atomic E-state index is 0. The number of halogens is 1. The summed E-state index contributed by atoms with van der Waals surface area (Å²) >= 11 is 0. The smallest absolute Gasteiger partial charge is 0.273 e. The Morgan fingerprint density at radius 1 is 1.30 bits per heavy atom. The molecule has 0 aromatic heterocycles. The molecule has 0 aliphatic heterocycles. The summed E-state index contributed by atoms with van der Waals surface area (Å²) in [7, 11) is -2.51. The van der Waals surface area contributed by atoms with Gasteiger partial charge in [-0.15, -0.1) is 12.4 Å². The van der Waals surface area contributed by atoms with E-state index >= 15 is 0 Å². The molecule has 0 atom stereocenters. The van der Waals surface area contributed by atoms with Gasteiger partial charge in [-0.05, 0) is 19.2 Å². The highest BCUT2D eigenvalue weighted by Crippen LogP contribution is 2.28. The molecule has 0 bridgehead atoms. The fourth-order valence-electron chi connectivity index (χ4n) is 1.95. The molecule has 0 amide bonds. The fourth-order valence-corrected chi connectivity index (χ4v) is 3.12. The first-order chi connectivity index (χ1) is 10.4. The zero-order chi connectivity index (χ0) is 16.8. The fraction of sp³-hybridized carbons (Fsp3) is 0.538. The maximum Gasteiger partial charge on any atom is 0.273 e. The highest BCUT2D eigenvalue weighted by molar-refractivity contribution is 7.89. The van der Waals surface area contributed by atoms with E-state index < -0.39 is 14.9 Å². The van der Waals surface area contributed by atoms with Crippen molar-refractivity contribution in [1.29, 1.82) is 0 Å². The summed E-state index contributed by atoms with van der Waals surface area (Å²) in [6.07, 6.45) is 0. The van der Waals surface area contributed by atoms with Gasteiger partial charge in [0.05, 0.1) is 18.1 Å². The predicted octanol–water partition coefficient (Wildman–Crippen LogP) is 1.65. The SMILES string of the molecule is CCN(CC)CCNS(=O)(=O)c1ccc([N+](=O)[O-])cc1OC.Cl. The molecule has 10 heteroatoms. The number of nitrogens with zero attached hydrogens (tertiary/aromatic N) is 2. The van der Waals surface area contributed by atoms with Crippen LogP contribution in [0.25, 0.3) is 0 Å². The van der Waals surface area contributed by atoms with Crippen LogP contribution in [0, 0.1) is 10.1 Å². The lowest BCUT2D eigenvalue weighted by Gasteiger charge is -2.18. The van der Waals surface area contributed by atoms with Crippen molar-refractivity contribution in [2.45, 2.75) is 18.7 Å². The van der Waals surface area contributed by atoms with Gasteiger partial charge in [-0.3, -0.25) is 10.1 Å². The normalized spacial score (nSPS) is 11.1. The predicted molar refractivity (Wildman–Crippen MR) is 89.9 cm³/mol. The van der Waals surface area contributed by atoms with Crippen LogP contribution in [0.15, 0.2) is 23.1 Å². The van der Waals surface area contributed by atoms with Crippen LogP contribution in [-0.4, -0.2) is 51.5 Å². The van der Waals surface area contributed by atoms with Gasteiger partial charge in [0.2, 0.25) is 10.0 Å². The van der Waals surface area contributed by atoms with E-state index in [0.29, 0.717) is 6.54 Å². The molecule has 0 saturated carbocycles. The summed E-state index contributed by atoms with van der Waals surface area (Å²) < 4.78 is 32.0. The highest BCUT2D eigenvalue weighted by Gasteiger charge is 2.22. The Bertz CT molecular complexity index is 620. The number of ether oxygens (including phenoxy) is 1. The number of sulfonamides is 1. The number of methoxy groups -OCH3 is 1. The van der Waals surface area contributed by atoms with E-state index in [1.807, 2.05) is 13.8 Å². The number of nitro groups is 1. The molecule has 1 aromatic carbocycles. The minimum Gasteiger partial charge on any atom is -0.495 e. The number of likely N-dealkylation sites (N-methyl/N-ethyl adjacent to an activating group) is 1. The lowest BCUT2D eigenvalue weighted by molar-refractivity contribution is -0.385. The average Bonchev–Trinajstić information content (AvgIpc) is 2.50. The van der Waals surface area contributed by atoms with E-state index in [-0.39, 0.29) is 35.3 Å². The summed E-state index contributed by atoms with van der Waals surface area (Å²) in [6.45, 7) is 6.50. The molecule has 0 saturated heterocycles. The average molecular weight is 368 g/mol. The van der Waals surface area contributed by atoms with Crippen molar-refractivity contribution in [3.8, 4) is 5.75 Å². The molecular formula is C13H22ClN3O5S. The third-order valence-corrected chi connectivity index (χ3v) is 4.76. The Balaban J connectivity index is 0.00000484. The van der Waals surface area contributed by atoms with Crippen LogP contribution >= 0.6 is 12.4 Å². The number of nitrogens with one attached hydrogen (secondary N) is 1. The topological polar surface area (TPSA) is 102 Å². The molecule has 0 radical (unpaired) electrons. The molecule has 0 spiro atoms. The molecule has 1 N–H and O–H groups in total. The molecule has 1 aromatic rings. The Morgan fingerprint density at radius 3 is 2.39 bits per heavy atom. The summed E-state index contributed by atoms with van der Waals surface area (Å²) in [5.41, 5.74) is -0.223. The van der Waals surface area contributed by atoms with Crippen molar-refractivity contribution >= 4 is 28.1 Å². The molecule has 0 aliphatic rings. The molecule has 132 valence electrons. The van der Waals surface area contributed by atoms with Crippen molar-refractivity contribution in [3.05, 3.63) is 28.3 Å². The summed E-state index contributed by atoms with van der Waals surface area (Å²) in [5, 5.41) is 10.7. The Labute approximate surface area is 142 Å². The van der Waals surface area contributed by atoms with Gasteiger partial charge in [0.15, 0.2) is 0 Å². The van der Waals surface area contributed by atoms with Crippen LogP contribution in [0.5, 0.6) is 5.75 Å². The molecule has 23 heavy (non-hydrogen) atoms. The van der Waals surface area contributed by atoms with Crippen LogP contribution in [0.3, 0.4) is 0 Å². The molecule has 0 unspecified atom stereocenters. The summed E-state index contributed by atoms with van der Waals surface area (Å²) in [4.78, 5) is 12.1. The first-order valence-electron chi connectivity index (χ1n) is 6.90. The van der Waals surface area contributed by atoms with Gasteiger partial charge in [0, 0.05) is 19.2 Å². The number of hydrogen-bond donors (Lipinski definition) is 1. The lowest BCUT2D eigenvalue weighted by atomic mass is 10.3. The lowest BCUT2D eigenvalue weighted by Crippen LogP contribution is -2.34. The maximum absolute atomic E-state index is 12.3. The maximum atomic E-state index is 12.3. The highest BCUT2D eigenvalue weighted by atomic mass is 35.5. The van der Waals surface area contributed by atoms with E-state index in [0.717, 1.165) is 25.2 Å². The zero-order valence-corrected chi connectivity index (χ0v) is 14.9. The standard InChI is InChI=1S/C13H21N3O5S.ClH/c1-4-15(5-2)9-8-14-22(19,20)13-7-6-11(16(17)18)10-12(13)21-3;/h6-7,10,14H,4-5,8-9H2,1-3H3;1H. The van der Waals surface area contributed by atoms with E-state index in [9.17, 15) is 18.5 Å². The largest absolute Gasteiger partial charge is 0.495 e. The third kappa shape index (κ3) is 5.94. The van der Waals surface area contributed by atoms with Gasteiger partial charge in [0.25, 0.3) is 5.69 Å². The van der Waals surface area contributed by atoms with Gasteiger partial charge < -0.3 is 9.64 Å². The molecule has 0 heterocycles. The van der Waals surface area contributed by atoms with Crippen molar-refractivity contribution in [2.24, 2.45) is 0 Å². The molecule has 0 aliphatic carbocycles. The van der Waals surface area contributed by atoms with E-state index in [1.54, 1.807) is 0 Å². The second kappa shape index (κ2) is 9.66. The Kier molecular flexibility index (Phi) is 9.06. The zero-order valence-electron chi connectivity index (χ0n) is 13.3. The summed E-state index contributed by atoms with van der Waals surface area (Å²) in [6, 6.07) is 3.41. The monoisotopic (exact) mass is 367 g/mol. The van der Waals surface area contributed by atoms with E-state index in [1.165, 1.54) is 13.2 Å². The first kappa shape index (κ1) is 21.6. The van der Waals surface area contributed by atoms with E-state index in [2.05, 4.69) is 9.62 Å². The van der Waals surface area contributed by atoms with Gasteiger partial charge in [-0.1, -0.05) is 13.8 Å². The molecule has 1 rings (SSSR count). The molecule has 0 fully saturated rings. The second-order valence-corrected chi connectivity index (χ2v) is 6.25. The molecular weight excluding hydrogens is 346 g/mol. The minimum atomic E-state index is -3.78. The number of rotatable bonds is 9. The van der Waals surface area contributed by atoms with Crippen LogP contribution in [0.2, 0.25) is 0 Å². The van der Waals surface area contributed by atoms with Crippen molar-refractivity contribution in [3.63, 3.8) is 0 Å². The quantitative estimate of drug-likeness (QED) is 0.526. The Hall–Kier alpha value is -1.42. The third-order valence-electron chi connectivity index (χ3n) is 3.26. The number of benzene rings is 1. The summed E-state index contributed by atoms with van der Waals surface area (Å²) in [5.74, 6) is -0.0514. The number of non-ortho nitro benzene ring substituents is 1. The second-order valence-electron chi connectivity index (χ2n) is 4.52. The van der Waals surface area contributed by atoms with Crippen molar-refractivity contribution in [2.75, 3.05) is 33.3 Å². The van der Waals surface area contributed by atoms with Crippen LogP contribution in [0.1, 0.15) is 13.8 Å². The van der Waals surface area contributed by atoms with Crippen molar-refractivity contribution < 1.29 is 18.1 Å². The van der Waals surface area contributed by atoms with Gasteiger partial charge in [-0.25, -0.2) is 13.1 Å². The number of hydrogen-bond acceptors (Lipinski definition) is 6. The van der Waals surface area contributed by atoms with Crippen LogP contribution in [0.4, 0.5) is 5.69 Å². The number of nitro benzene ring substituents is 1. The Morgan fingerprint density at radius 2 is 1.91 bits per heavy atom. The van der Waals surface area contributed by atoms with E-state index in [4.69, 9.17) is 4.74 Å². The van der Waals surface area contributed by atoms with Gasteiger partial charge >= 0.3 is 0 Å². The first-order valence-corrected chi connectivity index (χ1v) is 8.38. The van der Waals surface area contributed by atoms with Crippen molar-refractivity contribution in [1.82, 2.24) is 9.62 Å². The van der Waals surface area contributed by atoms with Gasteiger partial charge in [0.1, 0.15) is 10.6 Å².